The molecule has 0 saturated heterocycles. The van der Waals surface area contributed by atoms with Gasteiger partial charge < -0.3 is 0 Å². The van der Waals surface area contributed by atoms with E-state index in [9.17, 15) is 123 Å². The summed E-state index contributed by atoms with van der Waals surface area (Å²) in [6.45, 7) is -4.71. The second-order valence-electron chi connectivity index (χ2n) is 10.5. The highest BCUT2D eigenvalue weighted by atomic mass is 32.2. The van der Waals surface area contributed by atoms with Crippen LogP contribution < -0.4 is 0 Å². The highest BCUT2D eigenvalue weighted by molar-refractivity contribution is 7.86. The Balaban J connectivity index is 3.46. The Kier molecular flexibility index (Phi) is 13.7. The smallest absolute Gasteiger partial charge is 0.297 e. The number of hydrogen-bond acceptors (Lipinski definition) is 3. The van der Waals surface area contributed by atoms with Gasteiger partial charge in [0.15, 0.2) is 0 Å². The minimum atomic E-state index is -8.41. The van der Waals surface area contributed by atoms with Crippen molar-refractivity contribution in [2.75, 3.05) is 24.6 Å². The van der Waals surface area contributed by atoms with E-state index in [1.165, 1.54) is 6.07 Å². The zero-order chi connectivity index (χ0) is 43.4. The maximum atomic E-state index is 14.3. The van der Waals surface area contributed by atoms with Gasteiger partial charge in [-0.25, -0.2) is 0 Å². The lowest BCUT2D eigenvalue weighted by atomic mass is 9.98. The van der Waals surface area contributed by atoms with Crippen molar-refractivity contribution in [3.63, 3.8) is 0 Å². The standard InChI is InChI=1S/C23H15F26NO2S2/c24-12(25,16(32,33)20(40,41)42)14(28,29)18(36,37)22(46,47)53(51)8-6-50(10-11-4-2-1-3-5-11)7-9-54(52)23(48,49)19(38,39)15(30,31)13(26,27)17(34,35)21(43,44)45/h1-5H,6-10H2. The van der Waals surface area contributed by atoms with Crippen molar-refractivity contribution < 1.29 is 123 Å². The lowest BCUT2D eigenvalue weighted by Crippen LogP contribution is -2.70. The molecule has 0 N–H and O–H groups in total. The molecule has 1 aromatic carbocycles. The van der Waals surface area contributed by atoms with E-state index in [0.29, 0.717) is 0 Å². The van der Waals surface area contributed by atoms with Crippen molar-refractivity contribution in [1.82, 2.24) is 4.90 Å². The van der Waals surface area contributed by atoms with Crippen LogP contribution in [-0.2, 0) is 28.1 Å². The van der Waals surface area contributed by atoms with E-state index in [4.69, 9.17) is 0 Å². The summed E-state index contributed by atoms with van der Waals surface area (Å²) in [6, 6.07) is 5.19. The van der Waals surface area contributed by atoms with Gasteiger partial charge in [0.1, 0.15) is 0 Å². The van der Waals surface area contributed by atoms with Gasteiger partial charge in [0, 0.05) is 31.1 Å². The van der Waals surface area contributed by atoms with Crippen LogP contribution in [0.3, 0.4) is 0 Å². The summed E-state index contributed by atoms with van der Waals surface area (Å²) < 4.78 is 372. The minimum Gasteiger partial charge on any atom is -0.297 e. The van der Waals surface area contributed by atoms with Crippen LogP contribution >= 0.6 is 0 Å². The van der Waals surface area contributed by atoms with Gasteiger partial charge in [-0.1, -0.05) is 30.3 Å². The van der Waals surface area contributed by atoms with Gasteiger partial charge in [-0.15, -0.1) is 0 Å². The lowest BCUT2D eigenvalue weighted by molar-refractivity contribution is -0.433. The van der Waals surface area contributed by atoms with Gasteiger partial charge in [-0.2, -0.15) is 114 Å². The molecule has 0 radical (unpaired) electrons. The molecule has 31 heteroatoms. The number of benzene rings is 1. The van der Waals surface area contributed by atoms with E-state index >= 15 is 0 Å². The van der Waals surface area contributed by atoms with E-state index in [1.807, 2.05) is 0 Å². The van der Waals surface area contributed by atoms with Crippen molar-refractivity contribution in [3.05, 3.63) is 35.9 Å². The van der Waals surface area contributed by atoms with Crippen molar-refractivity contribution >= 4 is 21.6 Å². The van der Waals surface area contributed by atoms with E-state index in [-0.39, 0.29) is 10.5 Å². The molecular formula is C23H15F26NO2S2. The second kappa shape index (κ2) is 14.9. The molecule has 2 atom stereocenters. The number of hydrogen-bond donors (Lipinski definition) is 0. The Labute approximate surface area is 286 Å². The molecule has 0 spiro atoms. The number of rotatable bonds is 18. The predicted molar refractivity (Wildman–Crippen MR) is 129 cm³/mol. The first-order chi connectivity index (χ1) is 23.5. The van der Waals surface area contributed by atoms with Crippen LogP contribution in [0.15, 0.2) is 30.3 Å². The molecule has 0 fully saturated rings. The van der Waals surface area contributed by atoms with Gasteiger partial charge in [-0.3, -0.25) is 13.3 Å². The SMILES string of the molecule is O=S(CCN(CCS(=O)C(F)(F)C(F)(F)C(F)(F)C(F)(F)C(F)(F)C(F)(F)F)Cc1ccccc1)C(F)(F)C(F)(F)C(F)(F)C(F)(F)C(F)(F)C(F)(F)F. The zero-order valence-electron chi connectivity index (χ0n) is 24.8. The van der Waals surface area contributed by atoms with Crippen LogP contribution in [0.5, 0.6) is 0 Å². The molecular weight excluding hydrogens is 880 g/mol. The van der Waals surface area contributed by atoms with E-state index in [1.54, 1.807) is 0 Å². The summed E-state index contributed by atoms with van der Waals surface area (Å²) in [5.41, 5.74) is -0.260. The van der Waals surface area contributed by atoms with E-state index < -0.39 is 123 Å². The fourth-order valence-corrected chi connectivity index (χ4v) is 5.78. The van der Waals surface area contributed by atoms with Gasteiger partial charge in [0.05, 0.1) is 21.6 Å². The molecule has 0 aliphatic rings. The first kappa shape index (κ1) is 49.7. The average Bonchev–Trinajstić information content (AvgIpc) is 3.00. The summed E-state index contributed by atoms with van der Waals surface area (Å²) in [7, 11) is -10.3. The fourth-order valence-electron chi connectivity index (χ4n) is 3.59. The topological polar surface area (TPSA) is 37.4 Å². The summed E-state index contributed by atoms with van der Waals surface area (Å²) >= 11 is 0. The largest absolute Gasteiger partial charge is 0.460 e. The Morgan fingerprint density at radius 2 is 0.648 bits per heavy atom. The highest BCUT2D eigenvalue weighted by Crippen LogP contribution is 2.62. The number of halogens is 26. The monoisotopic (exact) mass is 895 g/mol. The molecule has 0 bridgehead atoms. The molecule has 1 aromatic rings. The van der Waals surface area contributed by atoms with Crippen molar-refractivity contribution in [1.29, 1.82) is 0 Å². The van der Waals surface area contributed by atoms with E-state index in [2.05, 4.69) is 0 Å². The van der Waals surface area contributed by atoms with Gasteiger partial charge in [0.25, 0.3) is 0 Å². The predicted octanol–water partition coefficient (Wildman–Crippen LogP) is 9.38. The molecule has 0 amide bonds. The van der Waals surface area contributed by atoms with Crippen molar-refractivity contribution in [3.8, 4) is 0 Å². The molecule has 54 heavy (non-hydrogen) atoms. The van der Waals surface area contributed by atoms with Gasteiger partial charge >= 0.3 is 70.2 Å². The van der Waals surface area contributed by atoms with Crippen LogP contribution in [0.2, 0.25) is 0 Å². The first-order valence-electron chi connectivity index (χ1n) is 12.9. The van der Waals surface area contributed by atoms with E-state index in [0.717, 1.165) is 24.3 Å². The lowest BCUT2D eigenvalue weighted by Gasteiger charge is -2.39. The van der Waals surface area contributed by atoms with Crippen LogP contribution in [0.4, 0.5) is 114 Å². The van der Waals surface area contributed by atoms with Crippen LogP contribution in [0.25, 0.3) is 0 Å². The molecule has 318 valence electrons. The maximum Gasteiger partial charge on any atom is 0.460 e. The van der Waals surface area contributed by atoms with Crippen molar-refractivity contribution in [2.24, 2.45) is 0 Å². The average molecular weight is 895 g/mol. The normalized spacial score (nSPS) is 16.9. The van der Waals surface area contributed by atoms with Crippen molar-refractivity contribution in [2.45, 2.75) is 76.8 Å². The Morgan fingerprint density at radius 1 is 0.389 bits per heavy atom. The Morgan fingerprint density at radius 3 is 0.907 bits per heavy atom. The summed E-state index contributed by atoms with van der Waals surface area (Å²) in [4.78, 5) is 0.0443. The molecule has 2 unspecified atom stereocenters. The molecule has 0 aliphatic carbocycles. The van der Waals surface area contributed by atoms with Crippen LogP contribution in [-0.4, -0.2) is 108 Å². The molecule has 0 heterocycles. The molecule has 0 aliphatic heterocycles. The molecule has 0 saturated carbocycles. The third-order valence-electron chi connectivity index (χ3n) is 6.82. The minimum absolute atomic E-state index is 0.0443. The summed E-state index contributed by atoms with van der Waals surface area (Å²) in [6.07, 6.45) is -15.6. The molecule has 0 aromatic heterocycles. The molecule has 1 rings (SSSR count). The number of alkyl halides is 26. The Bertz CT molecular complexity index is 1400. The second-order valence-corrected chi connectivity index (χ2v) is 13.7. The summed E-state index contributed by atoms with van der Waals surface area (Å²) in [5, 5.41) is -14.5. The highest BCUT2D eigenvalue weighted by Gasteiger charge is 2.93. The maximum absolute atomic E-state index is 14.3. The first-order valence-corrected chi connectivity index (χ1v) is 15.6. The van der Waals surface area contributed by atoms with Crippen LogP contribution in [0.1, 0.15) is 5.56 Å². The zero-order valence-corrected chi connectivity index (χ0v) is 26.5. The van der Waals surface area contributed by atoms with Crippen LogP contribution in [0, 0.1) is 0 Å². The quantitative estimate of drug-likeness (QED) is 0.138. The molecule has 3 nitrogen and oxygen atoms in total. The summed E-state index contributed by atoms with van der Waals surface area (Å²) in [5.74, 6) is -70.9. The van der Waals surface area contributed by atoms with Gasteiger partial charge in [-0.05, 0) is 5.56 Å². The fraction of sp³-hybridized carbons (Fsp3) is 0.739. The third kappa shape index (κ3) is 7.94. The Hall–Kier alpha value is -2.34. The van der Waals surface area contributed by atoms with Gasteiger partial charge in [0.2, 0.25) is 0 Å². The third-order valence-corrected chi connectivity index (χ3v) is 9.58. The number of nitrogens with zero attached hydrogens (tertiary/aromatic N) is 1.